The number of aryl methyl sites for hydroxylation is 1. The molecule has 17 heavy (non-hydrogen) atoms. The summed E-state index contributed by atoms with van der Waals surface area (Å²) in [4.78, 5) is 0. The Kier molecular flexibility index (Phi) is 4.24. The lowest BCUT2D eigenvalue weighted by molar-refractivity contribution is 0.245. The summed E-state index contributed by atoms with van der Waals surface area (Å²) >= 11 is 0. The minimum absolute atomic E-state index is 0.328. The van der Waals surface area contributed by atoms with Crippen LogP contribution in [0.3, 0.4) is 0 Å². The lowest BCUT2D eigenvalue weighted by Gasteiger charge is -2.13. The van der Waals surface area contributed by atoms with E-state index in [0.29, 0.717) is 12.0 Å². The molecule has 0 atom stereocenters. The highest BCUT2D eigenvalue weighted by Gasteiger charge is 2.41. The van der Waals surface area contributed by atoms with Crippen molar-refractivity contribution < 1.29 is 5.11 Å². The van der Waals surface area contributed by atoms with Gasteiger partial charge < -0.3 is 15.0 Å². The van der Waals surface area contributed by atoms with Gasteiger partial charge >= 0.3 is 0 Å². The van der Waals surface area contributed by atoms with Crippen molar-refractivity contribution >= 4 is 0 Å². The maximum Gasteiger partial charge on any atom is 0.0436 e. The fourth-order valence-electron chi connectivity index (χ4n) is 2.39. The Morgan fingerprint density at radius 1 is 1.47 bits per heavy atom. The van der Waals surface area contributed by atoms with E-state index in [1.54, 1.807) is 0 Å². The van der Waals surface area contributed by atoms with Crippen LogP contribution in [0.2, 0.25) is 0 Å². The van der Waals surface area contributed by atoms with Crippen LogP contribution in [-0.4, -0.2) is 22.8 Å². The van der Waals surface area contributed by atoms with Gasteiger partial charge in [0, 0.05) is 38.6 Å². The first-order valence-electron chi connectivity index (χ1n) is 6.74. The van der Waals surface area contributed by atoms with E-state index in [1.165, 1.54) is 24.8 Å². The summed E-state index contributed by atoms with van der Waals surface area (Å²) in [5.74, 6) is 0. The summed E-state index contributed by atoms with van der Waals surface area (Å²) in [6.45, 7) is 5.63. The molecule has 1 aromatic rings. The number of aromatic nitrogens is 1. The van der Waals surface area contributed by atoms with Crippen LogP contribution in [-0.2, 0) is 13.1 Å². The predicted octanol–water partition coefficient (Wildman–Crippen LogP) is 2.15. The maximum atomic E-state index is 8.99. The van der Waals surface area contributed by atoms with Gasteiger partial charge in [-0.3, -0.25) is 0 Å². The topological polar surface area (TPSA) is 37.2 Å². The molecule has 0 radical (unpaired) electrons. The van der Waals surface area contributed by atoms with Crippen LogP contribution in [0.15, 0.2) is 18.5 Å². The van der Waals surface area contributed by atoms with Crippen molar-refractivity contribution in [2.45, 2.75) is 45.7 Å². The van der Waals surface area contributed by atoms with Crippen molar-refractivity contribution in [1.82, 2.24) is 9.88 Å². The summed E-state index contributed by atoms with van der Waals surface area (Å²) in [7, 11) is 0. The second kappa shape index (κ2) is 5.69. The number of rotatable bonds is 8. The minimum atomic E-state index is 0.328. The van der Waals surface area contributed by atoms with E-state index in [2.05, 4.69) is 35.3 Å². The number of hydrogen-bond acceptors (Lipinski definition) is 2. The fraction of sp³-hybridized carbons (Fsp3) is 0.714. The van der Waals surface area contributed by atoms with Crippen molar-refractivity contribution in [3.8, 4) is 0 Å². The summed E-state index contributed by atoms with van der Waals surface area (Å²) in [6, 6.07) is 2.19. The molecule has 0 aliphatic heterocycles. The van der Waals surface area contributed by atoms with Crippen LogP contribution in [0.5, 0.6) is 0 Å². The minimum Gasteiger partial charge on any atom is -0.396 e. The maximum absolute atomic E-state index is 8.99. The third-order valence-corrected chi connectivity index (χ3v) is 3.72. The number of nitrogens with zero attached hydrogens (tertiary/aromatic N) is 1. The molecule has 0 aromatic carbocycles. The van der Waals surface area contributed by atoms with Crippen molar-refractivity contribution in [3.63, 3.8) is 0 Å². The van der Waals surface area contributed by atoms with E-state index >= 15 is 0 Å². The van der Waals surface area contributed by atoms with E-state index < -0.39 is 0 Å². The van der Waals surface area contributed by atoms with Crippen molar-refractivity contribution in [3.05, 3.63) is 24.0 Å². The molecule has 0 bridgehead atoms. The third kappa shape index (κ3) is 3.58. The number of nitrogens with one attached hydrogen (secondary N) is 1. The summed E-state index contributed by atoms with van der Waals surface area (Å²) in [5, 5.41) is 12.5. The Balaban J connectivity index is 1.70. The van der Waals surface area contributed by atoms with Crippen molar-refractivity contribution in [2.24, 2.45) is 5.41 Å². The number of aliphatic hydroxyl groups is 1. The second-order valence-electron chi connectivity index (χ2n) is 5.33. The Labute approximate surface area is 104 Å². The average Bonchev–Trinajstić information content (AvgIpc) is 2.92. The van der Waals surface area contributed by atoms with Gasteiger partial charge in [-0.05, 0) is 42.7 Å². The van der Waals surface area contributed by atoms with Gasteiger partial charge in [0.25, 0.3) is 0 Å². The predicted molar refractivity (Wildman–Crippen MR) is 69.8 cm³/mol. The van der Waals surface area contributed by atoms with E-state index in [1.807, 2.05) is 0 Å². The zero-order chi connectivity index (χ0) is 12.1. The van der Waals surface area contributed by atoms with Crippen LogP contribution in [0, 0.1) is 5.41 Å². The molecule has 0 saturated heterocycles. The first kappa shape index (κ1) is 12.7. The highest BCUT2D eigenvalue weighted by Crippen LogP contribution is 2.47. The third-order valence-electron chi connectivity index (χ3n) is 3.72. The van der Waals surface area contributed by atoms with Gasteiger partial charge in [0.15, 0.2) is 0 Å². The molecular weight excluding hydrogens is 212 g/mol. The summed E-state index contributed by atoms with van der Waals surface area (Å²) in [6.07, 6.45) is 9.07. The average molecular weight is 236 g/mol. The van der Waals surface area contributed by atoms with Gasteiger partial charge in [-0.25, -0.2) is 0 Å². The SMILES string of the molecule is CCCn1ccc(CNCC2(CCO)CC2)c1. The first-order chi connectivity index (χ1) is 8.28. The van der Waals surface area contributed by atoms with Crippen molar-refractivity contribution in [1.29, 1.82) is 0 Å². The Morgan fingerprint density at radius 2 is 2.29 bits per heavy atom. The molecule has 1 saturated carbocycles. The van der Waals surface area contributed by atoms with Gasteiger partial charge in [0.05, 0.1) is 0 Å². The monoisotopic (exact) mass is 236 g/mol. The molecule has 1 aliphatic rings. The quantitative estimate of drug-likeness (QED) is 0.725. The Hall–Kier alpha value is -0.800. The van der Waals surface area contributed by atoms with Crippen LogP contribution >= 0.6 is 0 Å². The molecule has 2 N–H and O–H groups in total. The molecule has 1 fully saturated rings. The lowest BCUT2D eigenvalue weighted by Crippen LogP contribution is -2.24. The second-order valence-corrected chi connectivity index (χ2v) is 5.33. The van der Waals surface area contributed by atoms with Gasteiger partial charge in [-0.2, -0.15) is 0 Å². The molecule has 3 heteroatoms. The largest absolute Gasteiger partial charge is 0.396 e. The molecule has 2 rings (SSSR count). The molecule has 0 unspecified atom stereocenters. The van der Waals surface area contributed by atoms with Crippen LogP contribution in [0.1, 0.15) is 38.2 Å². The molecule has 96 valence electrons. The zero-order valence-corrected chi connectivity index (χ0v) is 10.8. The lowest BCUT2D eigenvalue weighted by atomic mass is 10.0. The van der Waals surface area contributed by atoms with E-state index in [0.717, 1.165) is 26.1 Å². The smallest absolute Gasteiger partial charge is 0.0436 e. The highest BCUT2D eigenvalue weighted by molar-refractivity contribution is 5.10. The van der Waals surface area contributed by atoms with Gasteiger partial charge in [0.1, 0.15) is 0 Å². The van der Waals surface area contributed by atoms with E-state index in [9.17, 15) is 0 Å². The van der Waals surface area contributed by atoms with E-state index in [4.69, 9.17) is 5.11 Å². The number of aliphatic hydroxyl groups excluding tert-OH is 1. The molecule has 1 aromatic heterocycles. The summed E-state index contributed by atoms with van der Waals surface area (Å²) in [5.41, 5.74) is 1.78. The Bertz CT molecular complexity index is 342. The van der Waals surface area contributed by atoms with Crippen LogP contribution < -0.4 is 5.32 Å². The standard InChI is InChI=1S/C14H24N2O/c1-2-7-16-8-3-13(11-16)10-15-12-14(4-5-14)6-9-17/h3,8,11,15,17H,2,4-7,9-10,12H2,1H3. The fourth-order valence-corrected chi connectivity index (χ4v) is 2.39. The number of hydrogen-bond donors (Lipinski definition) is 2. The molecule has 0 amide bonds. The first-order valence-corrected chi connectivity index (χ1v) is 6.74. The Morgan fingerprint density at radius 3 is 2.94 bits per heavy atom. The van der Waals surface area contributed by atoms with Gasteiger partial charge in [-0.15, -0.1) is 0 Å². The molecular formula is C14H24N2O. The van der Waals surface area contributed by atoms with Crippen LogP contribution in [0.4, 0.5) is 0 Å². The van der Waals surface area contributed by atoms with Gasteiger partial charge in [-0.1, -0.05) is 6.92 Å². The van der Waals surface area contributed by atoms with Crippen molar-refractivity contribution in [2.75, 3.05) is 13.2 Å². The van der Waals surface area contributed by atoms with Crippen LogP contribution in [0.25, 0.3) is 0 Å². The molecule has 1 heterocycles. The van der Waals surface area contributed by atoms with E-state index in [-0.39, 0.29) is 0 Å². The molecule has 3 nitrogen and oxygen atoms in total. The highest BCUT2D eigenvalue weighted by atomic mass is 16.3. The molecule has 0 spiro atoms. The van der Waals surface area contributed by atoms with Gasteiger partial charge in [0.2, 0.25) is 0 Å². The normalized spacial score (nSPS) is 17.3. The summed E-state index contributed by atoms with van der Waals surface area (Å²) < 4.78 is 2.25. The molecule has 1 aliphatic carbocycles. The zero-order valence-electron chi connectivity index (χ0n) is 10.8.